The Bertz CT molecular complexity index is 1010. The highest BCUT2D eigenvalue weighted by Gasteiger charge is 2.31. The summed E-state index contributed by atoms with van der Waals surface area (Å²) in [5, 5.41) is 2.92. The number of anilines is 1. The highest BCUT2D eigenvalue weighted by Crippen LogP contribution is 2.33. The fourth-order valence-corrected chi connectivity index (χ4v) is 4.47. The number of hydrogen-bond acceptors (Lipinski definition) is 6. The first-order chi connectivity index (χ1) is 16.7. The lowest BCUT2D eigenvalue weighted by molar-refractivity contribution is -0.0315. The van der Waals surface area contributed by atoms with Crippen LogP contribution < -0.4 is 14.8 Å². The Labute approximate surface area is 198 Å². The van der Waals surface area contributed by atoms with E-state index in [0.29, 0.717) is 56.5 Å². The fraction of sp³-hybridized carbons (Fsp3) is 0.440. The first kappa shape index (κ1) is 22.5. The van der Waals surface area contributed by atoms with Gasteiger partial charge in [-0.1, -0.05) is 18.2 Å². The van der Waals surface area contributed by atoms with Gasteiger partial charge < -0.3 is 34.1 Å². The van der Waals surface area contributed by atoms with Gasteiger partial charge in [-0.3, -0.25) is 4.79 Å². The summed E-state index contributed by atoms with van der Waals surface area (Å²) < 4.78 is 22.6. The van der Waals surface area contributed by atoms with Crippen molar-refractivity contribution in [2.45, 2.75) is 25.0 Å². The van der Waals surface area contributed by atoms with Crippen molar-refractivity contribution < 1.29 is 28.5 Å². The van der Waals surface area contributed by atoms with Crippen molar-refractivity contribution in [3.8, 4) is 11.5 Å². The van der Waals surface area contributed by atoms with Crippen molar-refractivity contribution in [3.63, 3.8) is 0 Å². The molecule has 0 aromatic heterocycles. The van der Waals surface area contributed by atoms with E-state index in [-0.39, 0.29) is 30.9 Å². The molecule has 3 aliphatic rings. The maximum atomic E-state index is 13.5. The molecule has 180 valence electrons. The van der Waals surface area contributed by atoms with E-state index in [1.807, 2.05) is 30.3 Å². The van der Waals surface area contributed by atoms with Crippen LogP contribution in [0.15, 0.2) is 48.5 Å². The molecule has 0 saturated carbocycles. The zero-order chi connectivity index (χ0) is 23.3. The molecule has 2 atom stereocenters. The Kier molecular flexibility index (Phi) is 6.82. The Morgan fingerprint density at radius 3 is 2.59 bits per heavy atom. The topological polar surface area (TPSA) is 89.6 Å². The number of carbonyl (C=O) groups is 2. The van der Waals surface area contributed by atoms with Crippen LogP contribution in [0.4, 0.5) is 10.5 Å². The zero-order valence-electron chi connectivity index (χ0n) is 19.0. The van der Waals surface area contributed by atoms with Gasteiger partial charge in [0.15, 0.2) is 11.5 Å². The van der Waals surface area contributed by atoms with Gasteiger partial charge in [0.25, 0.3) is 5.91 Å². The molecular formula is C25H29N3O6. The van der Waals surface area contributed by atoms with Gasteiger partial charge in [-0.05, 0) is 43.2 Å². The summed E-state index contributed by atoms with van der Waals surface area (Å²) in [6.07, 6.45) is 1.61. The van der Waals surface area contributed by atoms with Crippen LogP contribution in [0.25, 0.3) is 0 Å². The lowest BCUT2D eigenvalue weighted by atomic mass is 10.1. The number of ether oxygens (including phenoxy) is 4. The summed E-state index contributed by atoms with van der Waals surface area (Å²) in [6.45, 7) is 3.02. The van der Waals surface area contributed by atoms with Gasteiger partial charge in [0.1, 0.15) is 0 Å². The molecule has 2 aromatic rings. The minimum absolute atomic E-state index is 0.000895. The predicted octanol–water partition coefficient (Wildman–Crippen LogP) is 2.97. The second kappa shape index (κ2) is 10.3. The molecule has 2 aromatic carbocycles. The molecule has 1 N–H and O–H groups in total. The maximum Gasteiger partial charge on any atom is 0.322 e. The summed E-state index contributed by atoms with van der Waals surface area (Å²) in [7, 11) is 0. The number of urea groups is 1. The average Bonchev–Trinajstić information content (AvgIpc) is 3.55. The molecule has 34 heavy (non-hydrogen) atoms. The van der Waals surface area contributed by atoms with Crippen LogP contribution in [-0.2, 0) is 9.47 Å². The Balaban J connectivity index is 1.26. The molecule has 0 aliphatic carbocycles. The molecule has 0 unspecified atom stereocenters. The highest BCUT2D eigenvalue weighted by atomic mass is 16.7. The van der Waals surface area contributed by atoms with Gasteiger partial charge in [0.2, 0.25) is 6.79 Å². The van der Waals surface area contributed by atoms with E-state index in [1.165, 1.54) is 0 Å². The second-order valence-corrected chi connectivity index (χ2v) is 8.65. The summed E-state index contributed by atoms with van der Waals surface area (Å²) in [5.74, 6) is 1.08. The van der Waals surface area contributed by atoms with Crippen LogP contribution in [-0.4, -0.2) is 80.1 Å². The molecule has 0 spiro atoms. The number of fused-ring (bicyclic) bond motifs is 1. The second-order valence-electron chi connectivity index (χ2n) is 8.65. The van der Waals surface area contributed by atoms with Crippen molar-refractivity contribution >= 4 is 17.6 Å². The lowest BCUT2D eigenvalue weighted by Crippen LogP contribution is -2.52. The zero-order valence-corrected chi connectivity index (χ0v) is 19.0. The van der Waals surface area contributed by atoms with E-state index < -0.39 is 0 Å². The Morgan fingerprint density at radius 2 is 1.76 bits per heavy atom. The monoisotopic (exact) mass is 467 g/mol. The van der Waals surface area contributed by atoms with Gasteiger partial charge in [-0.15, -0.1) is 0 Å². The van der Waals surface area contributed by atoms with Crippen LogP contribution in [0.5, 0.6) is 11.5 Å². The summed E-state index contributed by atoms with van der Waals surface area (Å²) >= 11 is 0. The molecule has 5 rings (SSSR count). The number of nitrogens with zero attached hydrogens (tertiary/aromatic N) is 2. The quantitative estimate of drug-likeness (QED) is 0.703. The van der Waals surface area contributed by atoms with Crippen LogP contribution >= 0.6 is 0 Å². The predicted molar refractivity (Wildman–Crippen MR) is 124 cm³/mol. The van der Waals surface area contributed by atoms with E-state index in [2.05, 4.69) is 5.32 Å². The smallest absolute Gasteiger partial charge is 0.322 e. The number of carbonyl (C=O) groups excluding carboxylic acids is 2. The average molecular weight is 468 g/mol. The van der Waals surface area contributed by atoms with Gasteiger partial charge >= 0.3 is 6.03 Å². The molecular weight excluding hydrogens is 438 g/mol. The van der Waals surface area contributed by atoms with Crippen molar-refractivity contribution in [2.75, 3.05) is 51.5 Å². The van der Waals surface area contributed by atoms with E-state index in [0.717, 1.165) is 18.5 Å². The Morgan fingerprint density at radius 1 is 0.971 bits per heavy atom. The standard InChI is InChI=1S/C25H29N3O6/c29-24(18-8-9-22-23(13-18)34-17-33-22)28(14-20-7-4-11-31-20)16-21-15-27(10-12-32-21)25(30)26-19-5-2-1-3-6-19/h1-3,5-6,8-9,13,20-21H,4,7,10-12,14-17H2,(H,26,30)/t20-,21+/m0/s1. The molecule has 3 aliphatic heterocycles. The highest BCUT2D eigenvalue weighted by molar-refractivity contribution is 5.95. The normalized spacial score (nSPS) is 21.4. The van der Waals surface area contributed by atoms with Gasteiger partial charge in [0.05, 0.1) is 25.4 Å². The molecule has 0 bridgehead atoms. The molecule has 9 heteroatoms. The third kappa shape index (κ3) is 5.26. The van der Waals surface area contributed by atoms with Crippen LogP contribution in [0, 0.1) is 0 Å². The number of benzene rings is 2. The molecule has 3 heterocycles. The lowest BCUT2D eigenvalue weighted by Gasteiger charge is -2.36. The number of nitrogens with one attached hydrogen (secondary N) is 1. The van der Waals surface area contributed by atoms with E-state index >= 15 is 0 Å². The summed E-state index contributed by atoms with van der Waals surface area (Å²) in [5.41, 5.74) is 1.27. The number of amides is 3. The van der Waals surface area contributed by atoms with E-state index in [4.69, 9.17) is 18.9 Å². The molecule has 2 fully saturated rings. The van der Waals surface area contributed by atoms with Crippen molar-refractivity contribution in [1.82, 2.24) is 9.80 Å². The Hall–Kier alpha value is -3.30. The number of rotatable bonds is 6. The van der Waals surface area contributed by atoms with Crippen molar-refractivity contribution in [1.29, 1.82) is 0 Å². The fourth-order valence-electron chi connectivity index (χ4n) is 4.47. The van der Waals surface area contributed by atoms with E-state index in [9.17, 15) is 9.59 Å². The summed E-state index contributed by atoms with van der Waals surface area (Å²) in [4.78, 5) is 29.8. The van der Waals surface area contributed by atoms with Crippen LogP contribution in [0.1, 0.15) is 23.2 Å². The van der Waals surface area contributed by atoms with Gasteiger partial charge in [-0.25, -0.2) is 4.79 Å². The minimum atomic E-state index is -0.297. The maximum absolute atomic E-state index is 13.5. The third-order valence-electron chi connectivity index (χ3n) is 6.23. The molecule has 2 saturated heterocycles. The summed E-state index contributed by atoms with van der Waals surface area (Å²) in [6, 6.07) is 14.4. The van der Waals surface area contributed by atoms with E-state index in [1.54, 1.807) is 28.0 Å². The largest absolute Gasteiger partial charge is 0.454 e. The molecule has 3 amide bonds. The number of para-hydroxylation sites is 1. The van der Waals surface area contributed by atoms with Gasteiger partial charge in [-0.2, -0.15) is 0 Å². The number of hydrogen-bond donors (Lipinski definition) is 1. The minimum Gasteiger partial charge on any atom is -0.454 e. The number of morpholine rings is 1. The molecule has 9 nitrogen and oxygen atoms in total. The van der Waals surface area contributed by atoms with Crippen LogP contribution in [0.2, 0.25) is 0 Å². The SMILES string of the molecule is O=C(Nc1ccccc1)N1CCO[C@@H](CN(C[C@@H]2CCCO2)C(=O)c2ccc3c(c2)OCO3)C1. The first-order valence-corrected chi connectivity index (χ1v) is 11.7. The van der Waals surface area contributed by atoms with Gasteiger partial charge in [0, 0.05) is 37.5 Å². The molecule has 0 radical (unpaired) electrons. The van der Waals surface area contributed by atoms with Crippen molar-refractivity contribution in [2.24, 2.45) is 0 Å². The van der Waals surface area contributed by atoms with Crippen LogP contribution in [0.3, 0.4) is 0 Å². The first-order valence-electron chi connectivity index (χ1n) is 11.7. The third-order valence-corrected chi connectivity index (χ3v) is 6.23. The van der Waals surface area contributed by atoms with Crippen molar-refractivity contribution in [3.05, 3.63) is 54.1 Å².